The highest BCUT2D eigenvalue weighted by molar-refractivity contribution is 6.40. The molecule has 0 spiro atoms. The summed E-state index contributed by atoms with van der Waals surface area (Å²) >= 11 is 0. The molecule has 0 aliphatic rings. The Kier molecular flexibility index (Phi) is 6.45. The van der Waals surface area contributed by atoms with Crippen LogP contribution in [-0.4, -0.2) is 28.7 Å². The van der Waals surface area contributed by atoms with Crippen LogP contribution in [0.25, 0.3) is 0 Å². The third-order valence-electron chi connectivity index (χ3n) is 2.10. The molecule has 7 heteroatoms. The van der Waals surface area contributed by atoms with Gasteiger partial charge < -0.3 is 10.5 Å². The summed E-state index contributed by atoms with van der Waals surface area (Å²) in [7, 11) is 0. The topological polar surface area (TPSA) is 78.2 Å². The van der Waals surface area contributed by atoms with Crippen LogP contribution in [0.1, 0.15) is 38.5 Å². The van der Waals surface area contributed by atoms with Crippen LogP contribution in [0.15, 0.2) is 0 Å². The monoisotopic (exact) mass is 253 g/mol. The van der Waals surface area contributed by atoms with Gasteiger partial charge in [-0.05, 0) is 19.3 Å². The molecular weight excluding hydrogens is 239 g/mol. The van der Waals surface area contributed by atoms with Gasteiger partial charge in [0.1, 0.15) is 0 Å². The normalized spacial score (nSPS) is 11.2. The largest absolute Gasteiger partial charge is 0.481 e. The molecule has 2 N–H and O–H groups in total. The molecule has 0 unspecified atom stereocenters. The van der Waals surface area contributed by atoms with Crippen LogP contribution in [0.2, 0.25) is 0 Å². The molecule has 0 saturated heterocycles. The third kappa shape index (κ3) is 7.48. The molecule has 0 rings (SSSR count). The predicted octanol–water partition coefficient (Wildman–Crippen LogP) is 2.56. The second-order valence-electron chi connectivity index (χ2n) is 3.61. The van der Waals surface area contributed by atoms with Gasteiger partial charge in [-0.15, -0.1) is 0 Å². The molecule has 0 aromatic rings. The molecule has 0 aromatic carbocycles. The minimum absolute atomic E-state index is 0.0267. The molecule has 0 atom stereocenters. The van der Waals surface area contributed by atoms with Gasteiger partial charge in [-0.2, -0.15) is 13.2 Å². The first-order valence-corrected chi connectivity index (χ1v) is 5.16. The average molecular weight is 253 g/mol. The van der Waals surface area contributed by atoms with Crippen molar-refractivity contribution in [3.8, 4) is 0 Å². The number of hydrogen-bond donors (Lipinski definition) is 2. The molecule has 0 bridgehead atoms. The van der Waals surface area contributed by atoms with Crippen LogP contribution < -0.4 is 0 Å². The number of Topliss-reactive ketones (excluding diaryl/α,β-unsaturated/α-hetero) is 1. The molecule has 0 radical (unpaired) electrons. The Balaban J connectivity index is 3.66. The number of hydrogen-bond acceptors (Lipinski definition) is 3. The van der Waals surface area contributed by atoms with Gasteiger partial charge in [0.15, 0.2) is 0 Å². The van der Waals surface area contributed by atoms with Crippen molar-refractivity contribution in [2.24, 2.45) is 0 Å². The number of halogens is 3. The molecule has 0 fully saturated rings. The van der Waals surface area contributed by atoms with Crippen LogP contribution in [0, 0.1) is 5.41 Å². The number of carboxylic acids is 1. The fourth-order valence-corrected chi connectivity index (χ4v) is 1.22. The van der Waals surface area contributed by atoms with Crippen LogP contribution >= 0.6 is 0 Å². The highest BCUT2D eigenvalue weighted by Gasteiger charge is 2.40. The van der Waals surface area contributed by atoms with Crippen molar-refractivity contribution in [2.45, 2.75) is 44.7 Å². The number of carboxylic acid groups (broad SMARTS) is 1. The van der Waals surface area contributed by atoms with E-state index in [-0.39, 0.29) is 12.8 Å². The van der Waals surface area contributed by atoms with Crippen molar-refractivity contribution in [2.75, 3.05) is 0 Å². The number of aliphatic carboxylic acids is 1. The fraction of sp³-hybridized carbons (Fsp3) is 0.700. The van der Waals surface area contributed by atoms with Crippen molar-refractivity contribution in [3.05, 3.63) is 0 Å². The number of alkyl halides is 3. The Hall–Kier alpha value is -1.40. The molecule has 17 heavy (non-hydrogen) atoms. The number of carbonyl (C=O) groups excluding carboxylic acids is 1. The molecule has 0 saturated carbocycles. The van der Waals surface area contributed by atoms with Crippen LogP contribution in [0.4, 0.5) is 13.2 Å². The van der Waals surface area contributed by atoms with Gasteiger partial charge in [0, 0.05) is 6.42 Å². The van der Waals surface area contributed by atoms with Gasteiger partial charge in [0.25, 0.3) is 5.78 Å². The maximum absolute atomic E-state index is 11.9. The first-order chi connectivity index (χ1) is 7.75. The Labute approximate surface area is 96.3 Å². The zero-order chi connectivity index (χ0) is 13.5. The second-order valence-corrected chi connectivity index (χ2v) is 3.61. The van der Waals surface area contributed by atoms with Gasteiger partial charge in [-0.3, -0.25) is 9.59 Å². The Morgan fingerprint density at radius 2 is 1.47 bits per heavy atom. The van der Waals surface area contributed by atoms with E-state index >= 15 is 0 Å². The summed E-state index contributed by atoms with van der Waals surface area (Å²) in [6, 6.07) is 0. The number of rotatable bonds is 8. The molecule has 98 valence electrons. The van der Waals surface area contributed by atoms with Crippen LogP contribution in [0.5, 0.6) is 0 Å². The first-order valence-electron chi connectivity index (χ1n) is 5.16. The van der Waals surface area contributed by atoms with Crippen molar-refractivity contribution < 1.29 is 27.9 Å². The fourth-order valence-electron chi connectivity index (χ4n) is 1.22. The highest BCUT2D eigenvalue weighted by atomic mass is 19.4. The minimum Gasteiger partial charge on any atom is -0.481 e. The lowest BCUT2D eigenvalue weighted by Gasteiger charge is -2.06. The lowest BCUT2D eigenvalue weighted by atomic mass is 10.1. The van der Waals surface area contributed by atoms with Gasteiger partial charge in [0.05, 0.1) is 5.71 Å². The van der Waals surface area contributed by atoms with E-state index in [0.717, 1.165) is 0 Å². The number of unbranched alkanes of at least 4 members (excludes halogenated alkanes) is 3. The maximum atomic E-state index is 11.9. The van der Waals surface area contributed by atoms with E-state index in [2.05, 4.69) is 0 Å². The van der Waals surface area contributed by atoms with Crippen molar-refractivity contribution in [3.63, 3.8) is 0 Å². The average Bonchev–Trinajstić information content (AvgIpc) is 2.19. The second kappa shape index (κ2) is 7.03. The number of ketones is 1. The molecule has 0 aromatic heterocycles. The van der Waals surface area contributed by atoms with E-state index in [1.807, 2.05) is 0 Å². The van der Waals surface area contributed by atoms with Crippen molar-refractivity contribution in [1.82, 2.24) is 0 Å². The Morgan fingerprint density at radius 1 is 1.00 bits per heavy atom. The van der Waals surface area contributed by atoms with E-state index in [1.54, 1.807) is 0 Å². The SMILES string of the molecule is N=C(CCCCCCC(=O)O)C(=O)C(F)(F)F. The van der Waals surface area contributed by atoms with Crippen molar-refractivity contribution in [1.29, 1.82) is 5.41 Å². The van der Waals surface area contributed by atoms with Gasteiger partial charge in [-0.25, -0.2) is 0 Å². The highest BCUT2D eigenvalue weighted by Crippen LogP contribution is 2.18. The molecular formula is C10H14F3NO3. The van der Waals surface area contributed by atoms with Crippen LogP contribution in [-0.2, 0) is 9.59 Å². The smallest absolute Gasteiger partial charge is 0.456 e. The van der Waals surface area contributed by atoms with E-state index < -0.39 is 23.6 Å². The van der Waals surface area contributed by atoms with Gasteiger partial charge >= 0.3 is 12.1 Å². The molecule has 0 amide bonds. The summed E-state index contributed by atoms with van der Waals surface area (Å²) in [5.74, 6) is -3.01. The molecule has 0 aliphatic heterocycles. The molecule has 4 nitrogen and oxygen atoms in total. The first kappa shape index (κ1) is 15.6. The predicted molar refractivity (Wildman–Crippen MR) is 54.1 cm³/mol. The zero-order valence-electron chi connectivity index (χ0n) is 9.14. The minimum atomic E-state index is -4.97. The number of carbonyl (C=O) groups is 2. The van der Waals surface area contributed by atoms with Gasteiger partial charge in [-0.1, -0.05) is 12.8 Å². The van der Waals surface area contributed by atoms with Crippen LogP contribution in [0.3, 0.4) is 0 Å². The summed E-state index contributed by atoms with van der Waals surface area (Å²) in [6.45, 7) is 0. The van der Waals surface area contributed by atoms with E-state index in [9.17, 15) is 22.8 Å². The Bertz CT molecular complexity index is 300. The van der Waals surface area contributed by atoms with E-state index in [0.29, 0.717) is 25.7 Å². The summed E-state index contributed by atoms with van der Waals surface area (Å²) < 4.78 is 35.6. The number of nitrogens with one attached hydrogen (secondary N) is 1. The third-order valence-corrected chi connectivity index (χ3v) is 2.10. The summed E-state index contributed by atoms with van der Waals surface area (Å²) in [5.41, 5.74) is -0.935. The lowest BCUT2D eigenvalue weighted by Crippen LogP contribution is -2.30. The lowest BCUT2D eigenvalue weighted by molar-refractivity contribution is -0.163. The summed E-state index contributed by atoms with van der Waals surface area (Å²) in [6.07, 6.45) is -3.33. The standard InChI is InChI=1S/C10H14F3NO3/c11-10(12,13)9(17)7(14)5-3-1-2-4-6-8(15)16/h14H,1-6H2,(H,15,16). The zero-order valence-corrected chi connectivity index (χ0v) is 9.14. The van der Waals surface area contributed by atoms with E-state index in [4.69, 9.17) is 10.5 Å². The van der Waals surface area contributed by atoms with E-state index in [1.165, 1.54) is 0 Å². The summed E-state index contributed by atoms with van der Waals surface area (Å²) in [4.78, 5) is 20.7. The van der Waals surface area contributed by atoms with Crippen molar-refractivity contribution >= 4 is 17.5 Å². The molecule has 0 aliphatic carbocycles. The Morgan fingerprint density at radius 3 is 1.88 bits per heavy atom. The maximum Gasteiger partial charge on any atom is 0.456 e. The molecule has 0 heterocycles. The summed E-state index contributed by atoms with van der Waals surface area (Å²) in [5, 5.41) is 15.3. The quantitative estimate of drug-likeness (QED) is 0.515. The van der Waals surface area contributed by atoms with Gasteiger partial charge in [0.2, 0.25) is 0 Å².